The molecule has 2 saturated carbocycles. The molecule has 174 valence electrons. The second-order valence-corrected chi connectivity index (χ2v) is 10.1. The predicted octanol–water partition coefficient (Wildman–Crippen LogP) is 2.74. The molecular formula is C22H40F3N5. The molecule has 5 nitrogen and oxygen atoms in total. The van der Waals surface area contributed by atoms with Crippen molar-refractivity contribution in [1.82, 2.24) is 25.8 Å². The Labute approximate surface area is 179 Å². The minimum atomic E-state index is -4.13. The van der Waals surface area contributed by atoms with Gasteiger partial charge in [-0.05, 0) is 58.0 Å². The Morgan fingerprint density at radius 3 is 2.33 bits per heavy atom. The maximum atomic E-state index is 14.0. The number of alkyl halides is 3. The van der Waals surface area contributed by atoms with Gasteiger partial charge in [0.1, 0.15) is 6.29 Å². The number of hydrogen-bond donors (Lipinski definition) is 3. The number of rotatable bonds is 4. The molecule has 2 saturated heterocycles. The van der Waals surface area contributed by atoms with Crippen molar-refractivity contribution in [3.8, 4) is 0 Å². The van der Waals surface area contributed by atoms with Crippen LogP contribution in [0.3, 0.4) is 0 Å². The summed E-state index contributed by atoms with van der Waals surface area (Å²) in [6.07, 6.45) is 5.11. The van der Waals surface area contributed by atoms with Gasteiger partial charge >= 0.3 is 6.18 Å². The summed E-state index contributed by atoms with van der Waals surface area (Å²) in [5.74, 6) is -0.508. The lowest BCUT2D eigenvalue weighted by Crippen LogP contribution is -2.65. The second kappa shape index (κ2) is 10.0. The molecule has 2 heterocycles. The second-order valence-electron chi connectivity index (χ2n) is 10.1. The summed E-state index contributed by atoms with van der Waals surface area (Å²) >= 11 is 0. The molecule has 0 bridgehead atoms. The number of nitrogens with zero attached hydrogens (tertiary/aromatic N) is 2. The first-order valence-electron chi connectivity index (χ1n) is 12.1. The van der Waals surface area contributed by atoms with E-state index in [1.165, 1.54) is 32.1 Å². The van der Waals surface area contributed by atoms with Crippen molar-refractivity contribution in [3.63, 3.8) is 0 Å². The maximum Gasteiger partial charge on any atom is 0.393 e. The molecule has 0 aromatic rings. The first-order valence-corrected chi connectivity index (χ1v) is 12.1. The molecule has 5 unspecified atom stereocenters. The zero-order valence-corrected chi connectivity index (χ0v) is 18.4. The molecule has 4 fully saturated rings. The molecule has 4 rings (SSSR count). The normalized spacial score (nSPS) is 38.6. The fraction of sp³-hybridized carbons (Fsp3) is 1.00. The van der Waals surface area contributed by atoms with Crippen molar-refractivity contribution in [2.45, 2.75) is 88.4 Å². The van der Waals surface area contributed by atoms with Crippen LogP contribution in [0.4, 0.5) is 13.2 Å². The lowest BCUT2D eigenvalue weighted by molar-refractivity contribution is -0.203. The summed E-state index contributed by atoms with van der Waals surface area (Å²) in [7, 11) is 2.05. The summed E-state index contributed by atoms with van der Waals surface area (Å²) in [4.78, 5) is 4.31. The Kier molecular flexibility index (Phi) is 7.61. The predicted molar refractivity (Wildman–Crippen MR) is 113 cm³/mol. The van der Waals surface area contributed by atoms with Crippen LogP contribution < -0.4 is 16.0 Å². The van der Waals surface area contributed by atoms with Gasteiger partial charge in [-0.2, -0.15) is 13.2 Å². The highest BCUT2D eigenvalue weighted by molar-refractivity contribution is 4.95. The Morgan fingerprint density at radius 2 is 1.63 bits per heavy atom. The van der Waals surface area contributed by atoms with Gasteiger partial charge < -0.3 is 4.90 Å². The summed E-state index contributed by atoms with van der Waals surface area (Å²) in [5, 5.41) is 10.6. The lowest BCUT2D eigenvalue weighted by Gasteiger charge is -2.47. The molecule has 3 N–H and O–H groups in total. The van der Waals surface area contributed by atoms with Crippen molar-refractivity contribution >= 4 is 0 Å². The molecule has 30 heavy (non-hydrogen) atoms. The minimum absolute atomic E-state index is 0.0650. The number of piperazine rings is 1. The van der Waals surface area contributed by atoms with Crippen LogP contribution in [-0.2, 0) is 0 Å². The molecule has 4 aliphatic rings. The summed E-state index contributed by atoms with van der Waals surface area (Å²) < 4.78 is 42.0. The van der Waals surface area contributed by atoms with Crippen molar-refractivity contribution in [2.24, 2.45) is 11.8 Å². The molecule has 0 radical (unpaired) electrons. The summed E-state index contributed by atoms with van der Waals surface area (Å²) in [5.41, 5.74) is 0. The van der Waals surface area contributed by atoms with Crippen molar-refractivity contribution in [3.05, 3.63) is 0 Å². The maximum absolute atomic E-state index is 14.0. The molecular weight excluding hydrogens is 391 g/mol. The van der Waals surface area contributed by atoms with Crippen LogP contribution in [0.1, 0.15) is 57.8 Å². The monoisotopic (exact) mass is 431 g/mol. The van der Waals surface area contributed by atoms with Crippen LogP contribution in [0.15, 0.2) is 0 Å². The summed E-state index contributed by atoms with van der Waals surface area (Å²) in [6.45, 7) is 4.16. The van der Waals surface area contributed by atoms with E-state index >= 15 is 0 Å². The highest BCUT2D eigenvalue weighted by atomic mass is 19.4. The minimum Gasteiger partial charge on any atom is -0.304 e. The summed E-state index contributed by atoms with van der Waals surface area (Å²) in [6, 6.07) is 0.0404. The molecule has 5 atom stereocenters. The number of halogens is 3. The van der Waals surface area contributed by atoms with E-state index in [0.29, 0.717) is 12.5 Å². The van der Waals surface area contributed by atoms with E-state index in [0.717, 1.165) is 51.5 Å². The SMILES string of the molecule is CN1CCN(C2CCC(NC3NCCC(C4CCCCC4)N3)CC2C(F)(F)F)CC1. The third kappa shape index (κ3) is 5.68. The van der Waals surface area contributed by atoms with Crippen molar-refractivity contribution in [1.29, 1.82) is 0 Å². The van der Waals surface area contributed by atoms with Gasteiger partial charge in [0, 0.05) is 44.3 Å². The van der Waals surface area contributed by atoms with Gasteiger partial charge in [0.2, 0.25) is 0 Å². The Morgan fingerprint density at radius 1 is 0.900 bits per heavy atom. The molecule has 0 aromatic heterocycles. The van der Waals surface area contributed by atoms with Crippen LogP contribution in [0.5, 0.6) is 0 Å². The standard InChI is InChI=1S/C22H40F3N5/c1-29-11-13-30(14-12-29)20-8-7-17(15-18(20)22(23,24)25)27-21-26-10-9-19(28-21)16-5-3-2-4-6-16/h16-21,26-28H,2-15H2,1H3. The topological polar surface area (TPSA) is 42.6 Å². The average Bonchev–Trinajstić information content (AvgIpc) is 2.75. The number of likely N-dealkylation sites (N-methyl/N-ethyl adjacent to an activating group) is 1. The van der Waals surface area contributed by atoms with Gasteiger partial charge in [0.05, 0.1) is 5.92 Å². The Hall–Kier alpha value is -0.410. The van der Waals surface area contributed by atoms with E-state index in [1.54, 1.807) is 0 Å². The fourth-order valence-corrected chi connectivity index (χ4v) is 6.24. The van der Waals surface area contributed by atoms with E-state index in [9.17, 15) is 13.2 Å². The van der Waals surface area contributed by atoms with Crippen LogP contribution in [0.25, 0.3) is 0 Å². The van der Waals surface area contributed by atoms with Crippen LogP contribution >= 0.6 is 0 Å². The molecule has 8 heteroatoms. The highest BCUT2D eigenvalue weighted by Gasteiger charge is 2.50. The van der Waals surface area contributed by atoms with Crippen LogP contribution in [0, 0.1) is 11.8 Å². The van der Waals surface area contributed by atoms with E-state index in [-0.39, 0.29) is 24.8 Å². The molecule has 0 spiro atoms. The third-order valence-electron chi connectivity index (χ3n) is 8.05. The quantitative estimate of drug-likeness (QED) is 0.639. The number of nitrogens with one attached hydrogen (secondary N) is 3. The van der Waals surface area contributed by atoms with Crippen LogP contribution in [0.2, 0.25) is 0 Å². The molecule has 2 aliphatic heterocycles. The van der Waals surface area contributed by atoms with E-state index in [1.807, 2.05) is 7.05 Å². The van der Waals surface area contributed by atoms with Gasteiger partial charge in [-0.3, -0.25) is 20.9 Å². The zero-order chi connectivity index (χ0) is 21.1. The van der Waals surface area contributed by atoms with E-state index in [2.05, 4.69) is 25.8 Å². The third-order valence-corrected chi connectivity index (χ3v) is 8.05. The van der Waals surface area contributed by atoms with Crippen molar-refractivity contribution in [2.75, 3.05) is 39.8 Å². The highest BCUT2D eigenvalue weighted by Crippen LogP contribution is 2.40. The van der Waals surface area contributed by atoms with Gasteiger partial charge in [0.15, 0.2) is 0 Å². The Bertz CT molecular complexity index is 531. The van der Waals surface area contributed by atoms with Crippen LogP contribution in [-0.4, -0.2) is 80.2 Å². The van der Waals surface area contributed by atoms with Gasteiger partial charge in [-0.15, -0.1) is 0 Å². The van der Waals surface area contributed by atoms with Gasteiger partial charge in [0.25, 0.3) is 0 Å². The smallest absolute Gasteiger partial charge is 0.304 e. The fourth-order valence-electron chi connectivity index (χ4n) is 6.24. The Balaban J connectivity index is 1.33. The molecule has 0 amide bonds. The van der Waals surface area contributed by atoms with Gasteiger partial charge in [-0.25, -0.2) is 0 Å². The number of hydrogen-bond acceptors (Lipinski definition) is 5. The molecule has 0 aromatic carbocycles. The average molecular weight is 432 g/mol. The first-order chi connectivity index (χ1) is 14.4. The van der Waals surface area contributed by atoms with Gasteiger partial charge in [-0.1, -0.05) is 19.3 Å². The van der Waals surface area contributed by atoms with E-state index in [4.69, 9.17) is 0 Å². The van der Waals surface area contributed by atoms with Crippen molar-refractivity contribution < 1.29 is 13.2 Å². The van der Waals surface area contributed by atoms with E-state index < -0.39 is 12.1 Å². The first kappa shape index (κ1) is 22.8. The molecule has 2 aliphatic carbocycles. The largest absolute Gasteiger partial charge is 0.393 e. The lowest BCUT2D eigenvalue weighted by atomic mass is 9.79. The zero-order valence-electron chi connectivity index (χ0n) is 18.4.